The standard InChI is InChI=1S/C14H12ClN3O2/c1-19-12-6-5-9(15)8-10(12)14-17-13(18-20-14)11-4-2-3-7-16-11/h2-4,6-9H,5H2,1H3. The van der Waals surface area contributed by atoms with E-state index >= 15 is 0 Å². The van der Waals surface area contributed by atoms with Gasteiger partial charge in [-0.2, -0.15) is 4.98 Å². The average molecular weight is 290 g/mol. The molecular weight excluding hydrogens is 278 g/mol. The smallest absolute Gasteiger partial charge is 0.261 e. The first-order valence-corrected chi connectivity index (χ1v) is 6.57. The molecule has 1 unspecified atom stereocenters. The van der Waals surface area contributed by atoms with Gasteiger partial charge in [0.25, 0.3) is 5.89 Å². The molecule has 2 aromatic heterocycles. The minimum Gasteiger partial charge on any atom is -0.496 e. The van der Waals surface area contributed by atoms with Crippen LogP contribution in [0.5, 0.6) is 0 Å². The second kappa shape index (κ2) is 5.46. The lowest BCUT2D eigenvalue weighted by Gasteiger charge is -2.14. The number of pyridine rings is 1. The molecule has 102 valence electrons. The Balaban J connectivity index is 1.96. The third-order valence-electron chi connectivity index (χ3n) is 2.91. The van der Waals surface area contributed by atoms with E-state index in [1.165, 1.54) is 0 Å². The quantitative estimate of drug-likeness (QED) is 0.813. The summed E-state index contributed by atoms with van der Waals surface area (Å²) in [7, 11) is 1.60. The van der Waals surface area contributed by atoms with Crippen LogP contribution in [0, 0.1) is 0 Å². The molecule has 1 aliphatic carbocycles. The van der Waals surface area contributed by atoms with Crippen molar-refractivity contribution in [3.05, 3.63) is 48.2 Å². The second-order valence-electron chi connectivity index (χ2n) is 4.24. The van der Waals surface area contributed by atoms with Crippen molar-refractivity contribution in [3.8, 4) is 11.5 Å². The van der Waals surface area contributed by atoms with Gasteiger partial charge in [-0.25, -0.2) is 0 Å². The highest BCUT2D eigenvalue weighted by molar-refractivity contribution is 6.22. The highest BCUT2D eigenvalue weighted by Crippen LogP contribution is 2.30. The first-order valence-electron chi connectivity index (χ1n) is 6.14. The van der Waals surface area contributed by atoms with Gasteiger partial charge in [-0.15, -0.1) is 11.6 Å². The van der Waals surface area contributed by atoms with Crippen molar-refractivity contribution in [1.82, 2.24) is 15.1 Å². The van der Waals surface area contributed by atoms with Crippen LogP contribution in [0.3, 0.4) is 0 Å². The number of aromatic nitrogens is 3. The van der Waals surface area contributed by atoms with Crippen LogP contribution in [0.4, 0.5) is 0 Å². The maximum Gasteiger partial charge on any atom is 0.261 e. The van der Waals surface area contributed by atoms with Gasteiger partial charge in [-0.3, -0.25) is 4.98 Å². The Hall–Kier alpha value is -2.14. The molecule has 20 heavy (non-hydrogen) atoms. The molecule has 3 rings (SSSR count). The van der Waals surface area contributed by atoms with Crippen LogP contribution in [-0.2, 0) is 4.74 Å². The van der Waals surface area contributed by atoms with Crippen molar-refractivity contribution in [1.29, 1.82) is 0 Å². The van der Waals surface area contributed by atoms with Gasteiger partial charge in [0, 0.05) is 6.20 Å². The Kier molecular flexibility index (Phi) is 3.52. The minimum absolute atomic E-state index is 0.103. The van der Waals surface area contributed by atoms with E-state index in [1.54, 1.807) is 13.3 Å². The van der Waals surface area contributed by atoms with Crippen molar-refractivity contribution >= 4 is 17.2 Å². The maximum atomic E-state index is 6.13. The topological polar surface area (TPSA) is 61.0 Å². The molecule has 0 radical (unpaired) electrons. The molecule has 0 saturated carbocycles. The van der Waals surface area contributed by atoms with Crippen LogP contribution in [0.15, 0.2) is 46.8 Å². The molecule has 5 nitrogen and oxygen atoms in total. The third-order valence-corrected chi connectivity index (χ3v) is 3.22. The Bertz CT molecular complexity index is 664. The zero-order chi connectivity index (χ0) is 13.9. The molecule has 2 aromatic rings. The van der Waals surface area contributed by atoms with E-state index in [-0.39, 0.29) is 5.38 Å². The zero-order valence-electron chi connectivity index (χ0n) is 10.8. The van der Waals surface area contributed by atoms with E-state index in [0.717, 1.165) is 6.42 Å². The van der Waals surface area contributed by atoms with E-state index in [1.807, 2.05) is 30.4 Å². The molecular formula is C14H12ClN3O2. The largest absolute Gasteiger partial charge is 0.496 e. The predicted molar refractivity (Wildman–Crippen MR) is 74.9 cm³/mol. The Morgan fingerprint density at radius 2 is 2.30 bits per heavy atom. The summed E-state index contributed by atoms with van der Waals surface area (Å²) in [5.41, 5.74) is 1.37. The average Bonchev–Trinajstić information content (AvgIpc) is 2.98. The summed E-state index contributed by atoms with van der Waals surface area (Å²) in [6.07, 6.45) is 6.17. The number of allylic oxidation sites excluding steroid dienone is 3. The monoisotopic (exact) mass is 289 g/mol. The molecule has 6 heteroatoms. The summed E-state index contributed by atoms with van der Waals surface area (Å²) in [5.74, 6) is 1.51. The Labute approximate surface area is 120 Å². The van der Waals surface area contributed by atoms with E-state index in [4.69, 9.17) is 20.9 Å². The lowest BCUT2D eigenvalue weighted by molar-refractivity contribution is 0.303. The molecule has 0 aromatic carbocycles. The van der Waals surface area contributed by atoms with Crippen LogP contribution in [0.1, 0.15) is 12.3 Å². The summed E-state index contributed by atoms with van der Waals surface area (Å²) in [6, 6.07) is 5.52. The second-order valence-corrected chi connectivity index (χ2v) is 4.80. The molecule has 1 aliphatic rings. The maximum absolute atomic E-state index is 6.13. The fourth-order valence-electron chi connectivity index (χ4n) is 1.96. The molecule has 0 aliphatic heterocycles. The lowest BCUT2D eigenvalue weighted by Crippen LogP contribution is -2.05. The van der Waals surface area contributed by atoms with Gasteiger partial charge in [0.1, 0.15) is 11.5 Å². The van der Waals surface area contributed by atoms with Crippen LogP contribution in [-0.4, -0.2) is 27.6 Å². The SMILES string of the molecule is COC1=CCC(Cl)C=C1c1nc(-c2ccccn2)no1. The van der Waals surface area contributed by atoms with Gasteiger partial charge in [0.15, 0.2) is 0 Å². The predicted octanol–water partition coefficient (Wildman–Crippen LogP) is 3.06. The van der Waals surface area contributed by atoms with Gasteiger partial charge in [0.2, 0.25) is 5.82 Å². The van der Waals surface area contributed by atoms with Crippen molar-refractivity contribution in [3.63, 3.8) is 0 Å². The van der Waals surface area contributed by atoms with Crippen LogP contribution in [0.2, 0.25) is 0 Å². The number of halogens is 1. The van der Waals surface area contributed by atoms with E-state index in [0.29, 0.717) is 28.7 Å². The normalized spacial score (nSPS) is 18.4. The van der Waals surface area contributed by atoms with Gasteiger partial charge in [-0.05, 0) is 30.7 Å². The number of ether oxygens (including phenoxy) is 1. The molecule has 0 fully saturated rings. The van der Waals surface area contributed by atoms with Gasteiger partial charge >= 0.3 is 0 Å². The summed E-state index contributed by atoms with van der Waals surface area (Å²) >= 11 is 6.13. The molecule has 1 atom stereocenters. The molecule has 0 bridgehead atoms. The fourth-order valence-corrected chi connectivity index (χ4v) is 2.18. The van der Waals surface area contributed by atoms with Crippen LogP contribution >= 0.6 is 11.6 Å². The number of nitrogens with zero attached hydrogens (tertiary/aromatic N) is 3. The highest BCUT2D eigenvalue weighted by Gasteiger charge is 2.22. The van der Waals surface area contributed by atoms with E-state index in [9.17, 15) is 0 Å². The first-order chi connectivity index (χ1) is 9.78. The van der Waals surface area contributed by atoms with Gasteiger partial charge in [-0.1, -0.05) is 11.2 Å². The fraction of sp³-hybridized carbons (Fsp3) is 0.214. The summed E-state index contributed by atoms with van der Waals surface area (Å²) in [4.78, 5) is 8.53. The number of methoxy groups -OCH3 is 1. The van der Waals surface area contributed by atoms with Crippen LogP contribution in [0.25, 0.3) is 17.1 Å². The van der Waals surface area contributed by atoms with Gasteiger partial charge in [0.05, 0.1) is 18.1 Å². The van der Waals surface area contributed by atoms with Crippen molar-refractivity contribution in [2.24, 2.45) is 0 Å². The van der Waals surface area contributed by atoms with Crippen molar-refractivity contribution in [2.75, 3.05) is 7.11 Å². The molecule has 0 spiro atoms. The lowest BCUT2D eigenvalue weighted by atomic mass is 10.0. The minimum atomic E-state index is -0.103. The number of rotatable bonds is 3. The molecule has 0 amide bonds. The highest BCUT2D eigenvalue weighted by atomic mass is 35.5. The first kappa shape index (κ1) is 12.9. The van der Waals surface area contributed by atoms with Crippen molar-refractivity contribution in [2.45, 2.75) is 11.8 Å². The third kappa shape index (κ3) is 2.44. The van der Waals surface area contributed by atoms with E-state index < -0.39 is 0 Å². The Morgan fingerprint density at radius 1 is 1.40 bits per heavy atom. The number of hydrogen-bond acceptors (Lipinski definition) is 5. The summed E-state index contributed by atoms with van der Waals surface area (Å²) in [5, 5.41) is 3.84. The van der Waals surface area contributed by atoms with Crippen molar-refractivity contribution < 1.29 is 9.26 Å². The van der Waals surface area contributed by atoms with Gasteiger partial charge < -0.3 is 9.26 Å². The number of alkyl halides is 1. The molecule has 2 heterocycles. The summed E-state index contributed by atoms with van der Waals surface area (Å²) < 4.78 is 10.6. The van der Waals surface area contributed by atoms with Crippen LogP contribution < -0.4 is 0 Å². The van der Waals surface area contributed by atoms with E-state index in [2.05, 4.69) is 15.1 Å². The molecule has 0 N–H and O–H groups in total. The number of hydrogen-bond donors (Lipinski definition) is 0. The summed E-state index contributed by atoms with van der Waals surface area (Å²) in [6.45, 7) is 0. The zero-order valence-corrected chi connectivity index (χ0v) is 11.5. The Morgan fingerprint density at radius 3 is 3.05 bits per heavy atom. The molecule has 0 saturated heterocycles.